The SMILES string of the molecule is CC1CC2(C)C(C)CCC23NC3(C)C2CC12C. The molecule has 1 spiro atoms. The van der Waals surface area contributed by atoms with Crippen LogP contribution in [0.15, 0.2) is 0 Å². The zero-order chi connectivity index (χ0) is 12.3. The second kappa shape index (κ2) is 2.48. The van der Waals surface area contributed by atoms with Gasteiger partial charge in [0.15, 0.2) is 0 Å². The summed E-state index contributed by atoms with van der Waals surface area (Å²) >= 11 is 0. The average Bonchev–Trinajstić information content (AvgIpc) is 3.08. The molecule has 1 saturated heterocycles. The molecule has 0 aromatic carbocycles. The second-order valence-electron chi connectivity index (χ2n) is 8.46. The third-order valence-corrected chi connectivity index (χ3v) is 8.14. The van der Waals surface area contributed by atoms with E-state index in [4.69, 9.17) is 0 Å². The Morgan fingerprint density at radius 1 is 1.00 bits per heavy atom. The fourth-order valence-corrected chi connectivity index (χ4v) is 6.35. The Balaban J connectivity index is 1.84. The summed E-state index contributed by atoms with van der Waals surface area (Å²) in [7, 11) is 0. The number of rotatable bonds is 0. The van der Waals surface area contributed by atoms with E-state index in [2.05, 4.69) is 39.9 Å². The van der Waals surface area contributed by atoms with Crippen LogP contribution in [0.3, 0.4) is 0 Å². The van der Waals surface area contributed by atoms with Gasteiger partial charge in [0.2, 0.25) is 0 Å². The van der Waals surface area contributed by atoms with Crippen LogP contribution >= 0.6 is 0 Å². The van der Waals surface area contributed by atoms with Crippen LogP contribution in [0.4, 0.5) is 0 Å². The molecule has 1 N–H and O–H groups in total. The summed E-state index contributed by atoms with van der Waals surface area (Å²) in [6, 6.07) is 0. The minimum Gasteiger partial charge on any atom is -0.302 e. The normalized spacial score (nSPS) is 72.2. The molecule has 3 aliphatic carbocycles. The molecule has 7 unspecified atom stereocenters. The zero-order valence-electron chi connectivity index (χ0n) is 12.1. The molecule has 0 amide bonds. The molecular formula is C16H27N. The van der Waals surface area contributed by atoms with Gasteiger partial charge in [-0.05, 0) is 61.2 Å². The summed E-state index contributed by atoms with van der Waals surface area (Å²) in [4.78, 5) is 0. The predicted octanol–water partition coefficient (Wildman–Crippen LogP) is 3.59. The summed E-state index contributed by atoms with van der Waals surface area (Å²) in [5.74, 6) is 2.78. The number of hydrogen-bond acceptors (Lipinski definition) is 1. The maximum atomic E-state index is 4.03. The van der Waals surface area contributed by atoms with Gasteiger partial charge in [-0.25, -0.2) is 0 Å². The summed E-state index contributed by atoms with van der Waals surface area (Å²) < 4.78 is 0. The highest BCUT2D eigenvalue weighted by Crippen LogP contribution is 2.79. The Hall–Kier alpha value is -0.0400. The lowest BCUT2D eigenvalue weighted by Gasteiger charge is -2.38. The minimum absolute atomic E-state index is 0.478. The van der Waals surface area contributed by atoms with E-state index >= 15 is 0 Å². The third-order valence-electron chi connectivity index (χ3n) is 8.14. The van der Waals surface area contributed by atoms with Crippen LogP contribution in [0, 0.1) is 28.6 Å². The van der Waals surface area contributed by atoms with Crippen LogP contribution < -0.4 is 5.32 Å². The van der Waals surface area contributed by atoms with E-state index in [-0.39, 0.29) is 0 Å². The topological polar surface area (TPSA) is 21.9 Å². The first kappa shape index (κ1) is 10.8. The van der Waals surface area contributed by atoms with Gasteiger partial charge in [-0.15, -0.1) is 0 Å². The molecule has 4 rings (SSSR count). The molecule has 0 aromatic rings. The van der Waals surface area contributed by atoms with E-state index in [0.29, 0.717) is 21.9 Å². The number of hydrogen-bond donors (Lipinski definition) is 1. The summed E-state index contributed by atoms with van der Waals surface area (Å²) in [5.41, 5.74) is 2.19. The predicted molar refractivity (Wildman–Crippen MR) is 70.8 cm³/mol. The van der Waals surface area contributed by atoms with Gasteiger partial charge >= 0.3 is 0 Å². The van der Waals surface area contributed by atoms with E-state index < -0.39 is 0 Å². The first-order valence-electron chi connectivity index (χ1n) is 7.59. The van der Waals surface area contributed by atoms with Crippen molar-refractivity contribution in [3.63, 3.8) is 0 Å². The van der Waals surface area contributed by atoms with Crippen molar-refractivity contribution in [1.29, 1.82) is 0 Å². The fourth-order valence-electron chi connectivity index (χ4n) is 6.35. The molecule has 1 aliphatic heterocycles. The van der Waals surface area contributed by atoms with Crippen molar-refractivity contribution >= 4 is 0 Å². The minimum atomic E-state index is 0.478. The third kappa shape index (κ3) is 0.865. The number of nitrogens with one attached hydrogen (secondary N) is 1. The van der Waals surface area contributed by atoms with Crippen molar-refractivity contribution in [2.24, 2.45) is 28.6 Å². The molecule has 17 heavy (non-hydrogen) atoms. The van der Waals surface area contributed by atoms with Crippen LogP contribution in [0.25, 0.3) is 0 Å². The molecule has 1 heterocycles. The molecule has 96 valence electrons. The highest BCUT2D eigenvalue weighted by Gasteiger charge is 2.84. The molecular weight excluding hydrogens is 206 g/mol. The molecule has 1 nitrogen and oxygen atoms in total. The smallest absolute Gasteiger partial charge is 0.0426 e. The van der Waals surface area contributed by atoms with Gasteiger partial charge < -0.3 is 5.32 Å². The van der Waals surface area contributed by atoms with E-state index in [1.165, 1.54) is 25.7 Å². The Morgan fingerprint density at radius 3 is 2.41 bits per heavy atom. The van der Waals surface area contributed by atoms with Crippen molar-refractivity contribution in [3.8, 4) is 0 Å². The summed E-state index contributed by atoms with van der Waals surface area (Å²) in [5, 5.41) is 4.03. The van der Waals surface area contributed by atoms with Crippen LogP contribution in [-0.2, 0) is 0 Å². The lowest BCUT2D eigenvalue weighted by molar-refractivity contribution is 0.130. The Morgan fingerprint density at radius 2 is 1.71 bits per heavy atom. The molecule has 1 heteroatoms. The van der Waals surface area contributed by atoms with Gasteiger partial charge in [-0.3, -0.25) is 0 Å². The summed E-state index contributed by atoms with van der Waals surface area (Å²) in [6.07, 6.45) is 5.79. The van der Waals surface area contributed by atoms with Gasteiger partial charge in [0, 0.05) is 11.1 Å². The zero-order valence-corrected chi connectivity index (χ0v) is 12.1. The Labute approximate surface area is 106 Å². The van der Waals surface area contributed by atoms with Gasteiger partial charge in [0.25, 0.3) is 0 Å². The lowest BCUT2D eigenvalue weighted by Crippen LogP contribution is -2.40. The Bertz CT molecular complexity index is 404. The maximum absolute atomic E-state index is 4.03. The molecule has 7 atom stereocenters. The largest absolute Gasteiger partial charge is 0.302 e. The fraction of sp³-hybridized carbons (Fsp3) is 1.00. The average molecular weight is 233 g/mol. The van der Waals surface area contributed by atoms with Crippen molar-refractivity contribution in [1.82, 2.24) is 5.32 Å². The van der Waals surface area contributed by atoms with Gasteiger partial charge in [0.05, 0.1) is 0 Å². The van der Waals surface area contributed by atoms with Crippen molar-refractivity contribution in [2.75, 3.05) is 0 Å². The van der Waals surface area contributed by atoms with Crippen molar-refractivity contribution in [2.45, 2.75) is 71.4 Å². The number of fused-ring (bicyclic) bond motifs is 2. The lowest BCUT2D eigenvalue weighted by atomic mass is 9.65. The van der Waals surface area contributed by atoms with E-state index in [0.717, 1.165) is 17.8 Å². The second-order valence-corrected chi connectivity index (χ2v) is 8.46. The molecule has 4 fully saturated rings. The molecule has 3 saturated carbocycles. The van der Waals surface area contributed by atoms with E-state index in [9.17, 15) is 0 Å². The monoisotopic (exact) mass is 233 g/mol. The highest BCUT2D eigenvalue weighted by atomic mass is 15.3. The first-order valence-corrected chi connectivity index (χ1v) is 7.59. The first-order chi connectivity index (χ1) is 7.80. The van der Waals surface area contributed by atoms with E-state index in [1.807, 2.05) is 0 Å². The highest BCUT2D eigenvalue weighted by molar-refractivity contribution is 5.41. The van der Waals surface area contributed by atoms with E-state index in [1.54, 1.807) is 0 Å². The standard InChI is InChI=1S/C16H27N/c1-10-6-7-16-14(10,4)8-11(2)13(3)9-12(13)15(16,5)17-16/h10-12,17H,6-9H2,1-5H3. The molecule has 4 aliphatic rings. The van der Waals surface area contributed by atoms with Crippen LogP contribution in [0.5, 0.6) is 0 Å². The molecule has 0 radical (unpaired) electrons. The molecule has 0 aromatic heterocycles. The Kier molecular flexibility index (Phi) is 1.58. The van der Waals surface area contributed by atoms with Crippen molar-refractivity contribution < 1.29 is 0 Å². The van der Waals surface area contributed by atoms with Crippen molar-refractivity contribution in [3.05, 3.63) is 0 Å². The van der Waals surface area contributed by atoms with Crippen LogP contribution in [-0.4, -0.2) is 11.1 Å². The quantitative estimate of drug-likeness (QED) is 0.635. The van der Waals surface area contributed by atoms with Crippen LogP contribution in [0.2, 0.25) is 0 Å². The maximum Gasteiger partial charge on any atom is 0.0426 e. The molecule has 0 bridgehead atoms. The van der Waals surface area contributed by atoms with Gasteiger partial charge in [0.1, 0.15) is 0 Å². The van der Waals surface area contributed by atoms with Crippen LogP contribution in [0.1, 0.15) is 60.3 Å². The van der Waals surface area contributed by atoms with Gasteiger partial charge in [-0.1, -0.05) is 27.7 Å². The summed E-state index contributed by atoms with van der Waals surface area (Å²) in [6.45, 7) is 12.7. The van der Waals surface area contributed by atoms with Gasteiger partial charge in [-0.2, -0.15) is 0 Å².